The van der Waals surface area contributed by atoms with Crippen molar-refractivity contribution in [2.24, 2.45) is 0 Å². The van der Waals surface area contributed by atoms with Crippen LogP contribution in [0.2, 0.25) is 0 Å². The molecule has 5 rings (SSSR count). The van der Waals surface area contributed by atoms with Crippen LogP contribution in [0.4, 0.5) is 5.82 Å². The number of nitrogens with zero attached hydrogens (tertiary/aromatic N) is 4. The summed E-state index contributed by atoms with van der Waals surface area (Å²) in [5, 5.41) is 1.34. The van der Waals surface area contributed by atoms with Gasteiger partial charge in [0.05, 0.1) is 5.39 Å². The maximum absolute atomic E-state index is 12.4. The van der Waals surface area contributed by atoms with Gasteiger partial charge < -0.3 is 24.0 Å². The number of rotatable bonds is 7. The monoisotopic (exact) mass is 476 g/mol. The second kappa shape index (κ2) is 9.97. The Morgan fingerprint density at radius 1 is 1.06 bits per heavy atom. The fourth-order valence-electron chi connectivity index (χ4n) is 4.63. The number of esters is 2. The summed E-state index contributed by atoms with van der Waals surface area (Å²) >= 11 is 0. The summed E-state index contributed by atoms with van der Waals surface area (Å²) in [7, 11) is 1.68. The fourth-order valence-corrected chi connectivity index (χ4v) is 4.63. The van der Waals surface area contributed by atoms with Crippen molar-refractivity contribution >= 4 is 28.5 Å². The van der Waals surface area contributed by atoms with E-state index in [0.717, 1.165) is 62.3 Å². The number of benzene rings is 1. The van der Waals surface area contributed by atoms with E-state index < -0.39 is 11.9 Å². The Balaban J connectivity index is 1.68. The van der Waals surface area contributed by atoms with Crippen LogP contribution in [0, 0.1) is 0 Å². The Labute approximate surface area is 203 Å². The number of hydrogen-bond acceptors (Lipinski definition) is 9. The summed E-state index contributed by atoms with van der Waals surface area (Å²) in [5.74, 6) is -0.841. The molecule has 0 aliphatic carbocycles. The van der Waals surface area contributed by atoms with E-state index >= 15 is 0 Å². The van der Waals surface area contributed by atoms with Gasteiger partial charge in [0.1, 0.15) is 17.3 Å². The van der Waals surface area contributed by atoms with Crippen LogP contribution >= 0.6 is 0 Å². The Hall–Kier alpha value is -3.56. The lowest BCUT2D eigenvalue weighted by molar-refractivity contribution is -0.155. The molecule has 0 saturated carbocycles. The number of aromatic nitrogens is 2. The molecule has 0 atom stereocenters. The highest BCUT2D eigenvalue weighted by Gasteiger charge is 2.32. The maximum Gasteiger partial charge on any atom is 0.423 e. The summed E-state index contributed by atoms with van der Waals surface area (Å²) < 4.78 is 16.2. The Morgan fingerprint density at radius 3 is 2.63 bits per heavy atom. The molecular formula is C26H28N4O5. The number of pyridine rings is 2. The summed E-state index contributed by atoms with van der Waals surface area (Å²) in [6.45, 7) is 7.30. The molecule has 1 saturated heterocycles. The minimum atomic E-state index is -1.07. The highest BCUT2D eigenvalue weighted by Crippen LogP contribution is 2.45. The molecule has 2 aliphatic rings. The molecule has 35 heavy (non-hydrogen) atoms. The molecule has 2 aliphatic heterocycles. The van der Waals surface area contributed by atoms with Crippen LogP contribution in [0.3, 0.4) is 0 Å². The third-order valence-corrected chi connectivity index (χ3v) is 6.49. The lowest BCUT2D eigenvalue weighted by atomic mass is 10.0. The van der Waals surface area contributed by atoms with Crippen molar-refractivity contribution in [2.45, 2.75) is 19.8 Å². The number of hydrogen-bond donors (Lipinski definition) is 0. The van der Waals surface area contributed by atoms with Gasteiger partial charge >= 0.3 is 11.9 Å². The molecule has 1 fully saturated rings. The maximum atomic E-state index is 12.4. The highest BCUT2D eigenvalue weighted by molar-refractivity contribution is 6.32. The molecule has 0 spiro atoms. The third kappa shape index (κ3) is 4.56. The van der Waals surface area contributed by atoms with Crippen molar-refractivity contribution < 1.29 is 23.8 Å². The fraction of sp³-hybridized carbons (Fsp3) is 0.385. The zero-order valence-corrected chi connectivity index (χ0v) is 20.0. The number of carbonyl (C=O) groups is 2. The Bertz CT molecular complexity index is 1270. The standard InChI is InChI=1S/C26H28N4O5/c1-3-29-9-11-30(12-10-29)24-19-7-4-8-20-21(19)23(35-26(32)25(31)34-20)22(28-24)18-14-17(15-27-16-18)6-5-13-33-2/h4,7-8,14-16H,3,5-6,9-13H2,1-2H3. The Morgan fingerprint density at radius 2 is 1.86 bits per heavy atom. The van der Waals surface area contributed by atoms with Crippen molar-refractivity contribution in [2.75, 3.05) is 51.3 Å². The molecule has 4 heterocycles. The highest BCUT2D eigenvalue weighted by atomic mass is 16.6. The molecular weight excluding hydrogens is 448 g/mol. The van der Waals surface area contributed by atoms with Gasteiger partial charge in [-0.15, -0.1) is 0 Å². The van der Waals surface area contributed by atoms with E-state index in [9.17, 15) is 9.59 Å². The summed E-state index contributed by atoms with van der Waals surface area (Å²) in [6.07, 6.45) is 5.16. The van der Waals surface area contributed by atoms with Crippen molar-refractivity contribution in [1.82, 2.24) is 14.9 Å². The van der Waals surface area contributed by atoms with Crippen molar-refractivity contribution in [3.05, 3.63) is 42.2 Å². The molecule has 9 heteroatoms. The van der Waals surface area contributed by atoms with Gasteiger partial charge in [-0.25, -0.2) is 14.6 Å². The number of aryl methyl sites for hydroxylation is 1. The molecule has 0 amide bonds. The van der Waals surface area contributed by atoms with E-state index in [1.165, 1.54) is 0 Å². The molecule has 0 unspecified atom stereocenters. The van der Waals surface area contributed by atoms with Crippen LogP contribution in [0.5, 0.6) is 11.5 Å². The average Bonchev–Trinajstić information content (AvgIpc) is 3.01. The van der Waals surface area contributed by atoms with Gasteiger partial charge in [0.2, 0.25) is 0 Å². The number of ether oxygens (including phenoxy) is 3. The van der Waals surface area contributed by atoms with Gasteiger partial charge in [0, 0.05) is 63.2 Å². The smallest absolute Gasteiger partial charge is 0.417 e. The van der Waals surface area contributed by atoms with Gasteiger partial charge in [-0.05, 0) is 37.1 Å². The first-order chi connectivity index (χ1) is 17.1. The molecule has 0 bridgehead atoms. The van der Waals surface area contributed by atoms with E-state index in [1.807, 2.05) is 18.3 Å². The van der Waals surface area contributed by atoms with E-state index in [1.54, 1.807) is 25.4 Å². The molecule has 0 N–H and O–H groups in total. The first-order valence-corrected chi connectivity index (χ1v) is 11.9. The zero-order valence-electron chi connectivity index (χ0n) is 20.0. The van der Waals surface area contributed by atoms with Crippen LogP contribution in [0.15, 0.2) is 36.7 Å². The third-order valence-electron chi connectivity index (χ3n) is 6.49. The largest absolute Gasteiger partial charge is 0.423 e. The van der Waals surface area contributed by atoms with E-state index in [0.29, 0.717) is 23.3 Å². The number of piperazine rings is 1. The Kier molecular flexibility index (Phi) is 6.61. The first kappa shape index (κ1) is 23.2. The molecule has 182 valence electrons. The van der Waals surface area contributed by atoms with Gasteiger partial charge in [-0.2, -0.15) is 0 Å². The second-order valence-corrected chi connectivity index (χ2v) is 8.67. The predicted octanol–water partition coefficient (Wildman–Crippen LogP) is 2.84. The lowest BCUT2D eigenvalue weighted by Gasteiger charge is -2.35. The minimum absolute atomic E-state index is 0.221. The average molecular weight is 477 g/mol. The predicted molar refractivity (Wildman–Crippen MR) is 131 cm³/mol. The molecule has 0 radical (unpaired) electrons. The van der Waals surface area contributed by atoms with Crippen LogP contribution in [-0.2, 0) is 20.7 Å². The van der Waals surface area contributed by atoms with Crippen LogP contribution < -0.4 is 14.4 Å². The van der Waals surface area contributed by atoms with Crippen LogP contribution in [0.25, 0.3) is 22.0 Å². The molecule has 1 aromatic carbocycles. The number of likely N-dealkylation sites (N-methyl/N-ethyl adjacent to an activating group) is 1. The van der Waals surface area contributed by atoms with E-state index in [4.69, 9.17) is 19.2 Å². The van der Waals surface area contributed by atoms with E-state index in [2.05, 4.69) is 21.7 Å². The zero-order chi connectivity index (χ0) is 24.4. The minimum Gasteiger partial charge on any atom is -0.417 e. The van der Waals surface area contributed by atoms with E-state index in [-0.39, 0.29) is 11.5 Å². The normalized spacial score (nSPS) is 16.2. The molecule has 9 nitrogen and oxygen atoms in total. The summed E-state index contributed by atoms with van der Waals surface area (Å²) in [4.78, 5) is 38.8. The van der Waals surface area contributed by atoms with Gasteiger partial charge in [0.15, 0.2) is 5.75 Å². The first-order valence-electron chi connectivity index (χ1n) is 11.9. The second-order valence-electron chi connectivity index (χ2n) is 8.67. The quantitative estimate of drug-likeness (QED) is 0.221. The summed E-state index contributed by atoms with van der Waals surface area (Å²) in [5.41, 5.74) is 2.19. The molecule has 3 aromatic rings. The van der Waals surface area contributed by atoms with Gasteiger partial charge in [-0.1, -0.05) is 19.1 Å². The van der Waals surface area contributed by atoms with Gasteiger partial charge in [-0.3, -0.25) is 4.98 Å². The summed E-state index contributed by atoms with van der Waals surface area (Å²) in [6, 6.07) is 7.40. The lowest BCUT2D eigenvalue weighted by Crippen LogP contribution is -2.46. The molecule has 2 aromatic heterocycles. The van der Waals surface area contributed by atoms with Crippen LogP contribution in [0.1, 0.15) is 18.9 Å². The number of carbonyl (C=O) groups excluding carboxylic acids is 2. The van der Waals surface area contributed by atoms with Crippen molar-refractivity contribution in [3.8, 4) is 22.8 Å². The topological polar surface area (TPSA) is 94.1 Å². The van der Waals surface area contributed by atoms with Crippen molar-refractivity contribution in [1.29, 1.82) is 0 Å². The number of anilines is 1. The van der Waals surface area contributed by atoms with Crippen LogP contribution in [-0.4, -0.2) is 73.2 Å². The van der Waals surface area contributed by atoms with Gasteiger partial charge in [0.25, 0.3) is 0 Å². The SMILES string of the molecule is CCN1CCN(c2nc(-c3cncc(CCCOC)c3)c3c4c(cccc24)OC(=O)C(=O)O3)CC1. The van der Waals surface area contributed by atoms with Crippen molar-refractivity contribution in [3.63, 3.8) is 0 Å². The number of methoxy groups -OCH3 is 1.